The molecule has 0 spiro atoms. The summed E-state index contributed by atoms with van der Waals surface area (Å²) in [6.07, 6.45) is 7.57. The number of allylic oxidation sites excluding steroid dienone is 4. The van der Waals surface area contributed by atoms with Crippen LogP contribution < -0.4 is 0 Å². The standard InChI is InChI=1S/C24H24FNO/c25-20-12-10-19(11-13-20)21-14-15-23(27)22(24(21)26-16-5-17-26)9-4-8-18-6-2-1-3-7-18/h1-3,6-7,10-15,22H,4-5,8-9,16-17H2. The Hall–Kier alpha value is -2.68. The maximum atomic E-state index is 13.4. The first-order valence-electron chi connectivity index (χ1n) is 9.73. The highest BCUT2D eigenvalue weighted by Crippen LogP contribution is 2.37. The van der Waals surface area contributed by atoms with Gasteiger partial charge < -0.3 is 4.90 Å². The van der Waals surface area contributed by atoms with Crippen LogP contribution in [0.15, 0.2) is 72.4 Å². The molecular weight excluding hydrogens is 337 g/mol. The molecule has 0 bridgehead atoms. The quantitative estimate of drug-likeness (QED) is 0.720. The van der Waals surface area contributed by atoms with Crippen LogP contribution in [-0.2, 0) is 11.2 Å². The zero-order valence-electron chi connectivity index (χ0n) is 15.4. The molecule has 2 aliphatic rings. The van der Waals surface area contributed by atoms with Gasteiger partial charge in [-0.05, 0) is 61.1 Å². The molecule has 2 nitrogen and oxygen atoms in total. The number of ketones is 1. The number of carbonyl (C=O) groups is 1. The minimum Gasteiger partial charge on any atom is -0.374 e. The molecule has 2 aromatic carbocycles. The Balaban J connectivity index is 1.59. The summed E-state index contributed by atoms with van der Waals surface area (Å²) in [5.41, 5.74) is 4.49. The fourth-order valence-electron chi connectivity index (χ4n) is 3.94. The summed E-state index contributed by atoms with van der Waals surface area (Å²) < 4.78 is 13.4. The van der Waals surface area contributed by atoms with E-state index in [2.05, 4.69) is 29.2 Å². The molecule has 0 radical (unpaired) electrons. The maximum absolute atomic E-state index is 13.4. The van der Waals surface area contributed by atoms with Crippen LogP contribution >= 0.6 is 0 Å². The highest BCUT2D eigenvalue weighted by atomic mass is 19.1. The van der Waals surface area contributed by atoms with Crippen molar-refractivity contribution in [3.05, 3.63) is 89.4 Å². The second kappa shape index (κ2) is 7.91. The Morgan fingerprint density at radius 1 is 0.963 bits per heavy atom. The van der Waals surface area contributed by atoms with Gasteiger partial charge in [0.1, 0.15) is 5.82 Å². The van der Waals surface area contributed by atoms with Crippen molar-refractivity contribution in [2.24, 2.45) is 5.92 Å². The largest absolute Gasteiger partial charge is 0.374 e. The van der Waals surface area contributed by atoms with Gasteiger partial charge >= 0.3 is 0 Å². The monoisotopic (exact) mass is 361 g/mol. The van der Waals surface area contributed by atoms with Gasteiger partial charge in [-0.3, -0.25) is 4.79 Å². The van der Waals surface area contributed by atoms with Crippen molar-refractivity contribution in [3.63, 3.8) is 0 Å². The molecule has 1 atom stereocenters. The third-order valence-corrected chi connectivity index (χ3v) is 5.52. The van der Waals surface area contributed by atoms with E-state index < -0.39 is 0 Å². The zero-order valence-corrected chi connectivity index (χ0v) is 15.4. The Labute approximate surface area is 160 Å². The Kier molecular flexibility index (Phi) is 5.19. The van der Waals surface area contributed by atoms with Gasteiger partial charge in [0.25, 0.3) is 0 Å². The third kappa shape index (κ3) is 3.87. The highest BCUT2D eigenvalue weighted by Gasteiger charge is 2.32. The van der Waals surface area contributed by atoms with E-state index in [1.165, 1.54) is 17.7 Å². The predicted octanol–water partition coefficient (Wildman–Crippen LogP) is 5.02. The fraction of sp³-hybridized carbons (Fsp3) is 0.292. The number of aryl methyl sites for hydroxylation is 1. The molecule has 138 valence electrons. The minimum absolute atomic E-state index is 0.0981. The topological polar surface area (TPSA) is 20.3 Å². The van der Waals surface area contributed by atoms with E-state index in [-0.39, 0.29) is 17.5 Å². The Morgan fingerprint density at radius 3 is 2.37 bits per heavy atom. The van der Waals surface area contributed by atoms with E-state index in [9.17, 15) is 9.18 Å². The summed E-state index contributed by atoms with van der Waals surface area (Å²) in [5.74, 6) is -0.144. The Bertz CT molecular complexity index is 863. The SMILES string of the molecule is O=C1C=CC(c2ccc(F)cc2)=C(N2CCC2)C1CCCc1ccccc1. The fourth-order valence-corrected chi connectivity index (χ4v) is 3.94. The molecule has 0 saturated carbocycles. The molecule has 1 fully saturated rings. The molecule has 1 unspecified atom stereocenters. The normalized spacial score (nSPS) is 19.4. The Morgan fingerprint density at radius 2 is 1.70 bits per heavy atom. The molecule has 0 N–H and O–H groups in total. The lowest BCUT2D eigenvalue weighted by Crippen LogP contribution is -2.41. The zero-order chi connectivity index (χ0) is 18.6. The van der Waals surface area contributed by atoms with Gasteiger partial charge in [0.05, 0.1) is 5.92 Å². The molecule has 1 saturated heterocycles. The van der Waals surface area contributed by atoms with Gasteiger partial charge in [-0.2, -0.15) is 0 Å². The molecule has 4 rings (SSSR count). The number of hydrogen-bond donors (Lipinski definition) is 0. The van der Waals surface area contributed by atoms with Crippen molar-refractivity contribution in [3.8, 4) is 0 Å². The van der Waals surface area contributed by atoms with Gasteiger partial charge in [0.2, 0.25) is 0 Å². The van der Waals surface area contributed by atoms with Crippen molar-refractivity contribution in [1.82, 2.24) is 4.90 Å². The van der Waals surface area contributed by atoms with Crippen LogP contribution in [0.5, 0.6) is 0 Å². The molecule has 3 heteroatoms. The molecule has 1 aliphatic carbocycles. The van der Waals surface area contributed by atoms with Crippen LogP contribution in [-0.4, -0.2) is 23.8 Å². The van der Waals surface area contributed by atoms with Crippen LogP contribution in [0.25, 0.3) is 5.57 Å². The third-order valence-electron chi connectivity index (χ3n) is 5.52. The van der Waals surface area contributed by atoms with Gasteiger partial charge in [-0.1, -0.05) is 42.5 Å². The second-order valence-electron chi connectivity index (χ2n) is 7.31. The smallest absolute Gasteiger partial charge is 0.164 e. The van der Waals surface area contributed by atoms with Gasteiger partial charge in [0.15, 0.2) is 5.78 Å². The minimum atomic E-state index is -0.236. The molecule has 1 heterocycles. The summed E-state index contributed by atoms with van der Waals surface area (Å²) in [6.45, 7) is 1.99. The highest BCUT2D eigenvalue weighted by molar-refractivity contribution is 6.01. The van der Waals surface area contributed by atoms with Gasteiger partial charge in [0, 0.05) is 24.4 Å². The summed E-state index contributed by atoms with van der Waals surface area (Å²) in [5, 5.41) is 0. The van der Waals surface area contributed by atoms with E-state index in [0.717, 1.165) is 55.6 Å². The first kappa shape index (κ1) is 17.7. The molecule has 0 amide bonds. The van der Waals surface area contributed by atoms with E-state index in [4.69, 9.17) is 0 Å². The van der Waals surface area contributed by atoms with Crippen molar-refractivity contribution in [1.29, 1.82) is 0 Å². The molecule has 1 aliphatic heterocycles. The second-order valence-corrected chi connectivity index (χ2v) is 7.31. The summed E-state index contributed by atoms with van der Waals surface area (Å²) >= 11 is 0. The summed E-state index contributed by atoms with van der Waals surface area (Å²) in [7, 11) is 0. The molecular formula is C24H24FNO. The van der Waals surface area contributed by atoms with Crippen LogP contribution in [0, 0.1) is 11.7 Å². The van der Waals surface area contributed by atoms with Crippen molar-refractivity contribution >= 4 is 11.4 Å². The maximum Gasteiger partial charge on any atom is 0.164 e. The number of likely N-dealkylation sites (tertiary alicyclic amines) is 1. The first-order valence-corrected chi connectivity index (χ1v) is 9.73. The lowest BCUT2D eigenvalue weighted by Gasteiger charge is -2.41. The van der Waals surface area contributed by atoms with E-state index in [1.54, 1.807) is 6.08 Å². The lowest BCUT2D eigenvalue weighted by atomic mass is 9.82. The van der Waals surface area contributed by atoms with E-state index in [0.29, 0.717) is 0 Å². The van der Waals surface area contributed by atoms with Crippen LogP contribution in [0.2, 0.25) is 0 Å². The van der Waals surface area contributed by atoms with Gasteiger partial charge in [-0.15, -0.1) is 0 Å². The van der Waals surface area contributed by atoms with Gasteiger partial charge in [-0.25, -0.2) is 4.39 Å². The van der Waals surface area contributed by atoms with Crippen molar-refractivity contribution in [2.75, 3.05) is 13.1 Å². The number of rotatable bonds is 6. The lowest BCUT2D eigenvalue weighted by molar-refractivity contribution is -0.118. The molecule has 27 heavy (non-hydrogen) atoms. The van der Waals surface area contributed by atoms with Crippen molar-refractivity contribution in [2.45, 2.75) is 25.7 Å². The predicted molar refractivity (Wildman–Crippen MR) is 107 cm³/mol. The molecule has 2 aromatic rings. The first-order chi connectivity index (χ1) is 13.2. The number of halogens is 1. The summed E-state index contributed by atoms with van der Waals surface area (Å²) in [6, 6.07) is 17.0. The number of hydrogen-bond acceptors (Lipinski definition) is 2. The van der Waals surface area contributed by atoms with Crippen LogP contribution in [0.3, 0.4) is 0 Å². The number of benzene rings is 2. The van der Waals surface area contributed by atoms with E-state index >= 15 is 0 Å². The van der Waals surface area contributed by atoms with E-state index in [1.807, 2.05) is 24.3 Å². The number of nitrogens with zero attached hydrogens (tertiary/aromatic N) is 1. The summed E-state index contributed by atoms with van der Waals surface area (Å²) in [4.78, 5) is 15.0. The van der Waals surface area contributed by atoms with Crippen molar-refractivity contribution < 1.29 is 9.18 Å². The average Bonchev–Trinajstić information content (AvgIpc) is 2.64. The van der Waals surface area contributed by atoms with Crippen LogP contribution in [0.4, 0.5) is 4.39 Å². The average molecular weight is 361 g/mol. The van der Waals surface area contributed by atoms with Crippen LogP contribution in [0.1, 0.15) is 30.4 Å². The molecule has 0 aromatic heterocycles. The number of carbonyl (C=O) groups excluding carboxylic acids is 1.